The van der Waals surface area contributed by atoms with Crippen LogP contribution in [0.3, 0.4) is 0 Å². The molecule has 0 spiro atoms. The molecule has 20 heavy (non-hydrogen) atoms. The van der Waals surface area contributed by atoms with Crippen LogP contribution in [-0.2, 0) is 12.7 Å². The van der Waals surface area contributed by atoms with Crippen molar-refractivity contribution in [3.8, 4) is 0 Å². The monoisotopic (exact) mass is 283 g/mol. The zero-order valence-corrected chi connectivity index (χ0v) is 11.0. The molecular weight excluding hydrogens is 267 g/mol. The molecule has 0 bridgehead atoms. The molecule has 3 rings (SSSR count). The number of nitrogens with one attached hydrogen (secondary N) is 1. The van der Waals surface area contributed by atoms with E-state index in [0.717, 1.165) is 25.2 Å². The summed E-state index contributed by atoms with van der Waals surface area (Å²) in [5.74, 6) is -0.928. The summed E-state index contributed by atoms with van der Waals surface area (Å²) in [5, 5.41) is 0. The molecule has 108 valence electrons. The van der Waals surface area contributed by atoms with Gasteiger partial charge in [0.15, 0.2) is 0 Å². The fourth-order valence-corrected chi connectivity index (χ4v) is 2.67. The van der Waals surface area contributed by atoms with Crippen LogP contribution in [0, 0.1) is 0 Å². The third-order valence-electron chi connectivity index (χ3n) is 3.67. The molecule has 2 heterocycles. The topological polar surface area (TPSA) is 31.9 Å². The Morgan fingerprint density at radius 1 is 1.15 bits per heavy atom. The lowest BCUT2D eigenvalue weighted by molar-refractivity contribution is -0.144. The van der Waals surface area contributed by atoms with E-state index in [1.807, 2.05) is 6.07 Å². The summed E-state index contributed by atoms with van der Waals surface area (Å²) in [4.78, 5) is 8.28. The van der Waals surface area contributed by atoms with E-state index in [2.05, 4.69) is 14.9 Å². The molecule has 0 amide bonds. The van der Waals surface area contributed by atoms with E-state index in [4.69, 9.17) is 0 Å². The van der Waals surface area contributed by atoms with Crippen LogP contribution in [0.15, 0.2) is 18.2 Å². The Hall–Kier alpha value is -1.56. The van der Waals surface area contributed by atoms with Crippen molar-refractivity contribution in [2.24, 2.45) is 0 Å². The lowest BCUT2D eigenvalue weighted by atomic mass is 10.1. The second kappa shape index (κ2) is 5.09. The van der Waals surface area contributed by atoms with Crippen molar-refractivity contribution in [1.29, 1.82) is 0 Å². The molecule has 0 saturated carbocycles. The number of hydrogen-bond donors (Lipinski definition) is 1. The average Bonchev–Trinajstić information content (AvgIpc) is 2.83. The molecule has 1 saturated heterocycles. The minimum atomic E-state index is -4.42. The highest BCUT2D eigenvalue weighted by molar-refractivity contribution is 5.76. The summed E-state index contributed by atoms with van der Waals surface area (Å²) in [6, 6.07) is 5.28. The molecule has 0 radical (unpaired) electrons. The number of alkyl halides is 3. The van der Waals surface area contributed by atoms with Crippen molar-refractivity contribution in [2.45, 2.75) is 32.0 Å². The first kappa shape index (κ1) is 13.4. The lowest BCUT2D eigenvalue weighted by Gasteiger charge is -2.26. The number of piperidine rings is 1. The molecular formula is C14H16F3N3. The SMILES string of the molecule is FC(F)(F)c1nc2ccc(CN3CCCCC3)cc2[nH]1. The zero-order chi connectivity index (χ0) is 14.2. The lowest BCUT2D eigenvalue weighted by Crippen LogP contribution is -2.29. The molecule has 1 aliphatic heterocycles. The number of H-pyrrole nitrogens is 1. The molecule has 1 aliphatic rings. The second-order valence-corrected chi connectivity index (χ2v) is 5.27. The Balaban J connectivity index is 1.82. The number of aromatic amines is 1. The van der Waals surface area contributed by atoms with Crippen LogP contribution >= 0.6 is 0 Å². The summed E-state index contributed by atoms with van der Waals surface area (Å²) in [6.45, 7) is 2.92. The Labute approximate surface area is 114 Å². The van der Waals surface area contributed by atoms with E-state index in [-0.39, 0.29) is 0 Å². The van der Waals surface area contributed by atoms with E-state index in [9.17, 15) is 13.2 Å². The van der Waals surface area contributed by atoms with Crippen molar-refractivity contribution in [3.05, 3.63) is 29.6 Å². The van der Waals surface area contributed by atoms with Gasteiger partial charge in [-0.15, -0.1) is 0 Å². The van der Waals surface area contributed by atoms with E-state index in [0.29, 0.717) is 11.0 Å². The number of aromatic nitrogens is 2. The number of benzene rings is 1. The third-order valence-corrected chi connectivity index (χ3v) is 3.67. The number of nitrogens with zero attached hydrogens (tertiary/aromatic N) is 2. The van der Waals surface area contributed by atoms with Crippen molar-refractivity contribution in [2.75, 3.05) is 13.1 Å². The van der Waals surface area contributed by atoms with Crippen LogP contribution in [0.1, 0.15) is 30.7 Å². The predicted molar refractivity (Wildman–Crippen MR) is 70.2 cm³/mol. The Bertz CT molecular complexity index is 597. The Kier molecular flexibility index (Phi) is 3.41. The highest BCUT2D eigenvalue weighted by Crippen LogP contribution is 2.28. The zero-order valence-electron chi connectivity index (χ0n) is 11.0. The number of likely N-dealkylation sites (tertiary alicyclic amines) is 1. The molecule has 3 nitrogen and oxygen atoms in total. The van der Waals surface area contributed by atoms with Crippen LogP contribution in [-0.4, -0.2) is 28.0 Å². The van der Waals surface area contributed by atoms with E-state index >= 15 is 0 Å². The molecule has 0 unspecified atom stereocenters. The molecule has 0 aliphatic carbocycles. The van der Waals surface area contributed by atoms with Gasteiger partial charge in [0.25, 0.3) is 0 Å². The second-order valence-electron chi connectivity index (χ2n) is 5.27. The average molecular weight is 283 g/mol. The van der Waals surface area contributed by atoms with Gasteiger partial charge in [-0.25, -0.2) is 4.98 Å². The first-order valence-electron chi connectivity index (χ1n) is 6.80. The standard InChI is InChI=1S/C14H16F3N3/c15-14(16,17)13-18-11-5-4-10(8-12(11)19-13)9-20-6-2-1-3-7-20/h4-5,8H,1-3,6-7,9H2,(H,18,19). The summed E-state index contributed by atoms with van der Waals surface area (Å²) in [7, 11) is 0. The largest absolute Gasteiger partial charge is 0.449 e. The smallest absolute Gasteiger partial charge is 0.334 e. The van der Waals surface area contributed by atoms with E-state index in [1.165, 1.54) is 19.3 Å². The summed E-state index contributed by atoms with van der Waals surface area (Å²) < 4.78 is 37.8. The molecule has 1 aromatic carbocycles. The first-order valence-corrected chi connectivity index (χ1v) is 6.80. The maximum atomic E-state index is 12.6. The van der Waals surface area contributed by atoms with Crippen molar-refractivity contribution >= 4 is 11.0 Å². The van der Waals surface area contributed by atoms with Gasteiger partial charge < -0.3 is 4.98 Å². The van der Waals surface area contributed by atoms with Gasteiger partial charge in [-0.2, -0.15) is 13.2 Å². The summed E-state index contributed by atoms with van der Waals surface area (Å²) >= 11 is 0. The molecule has 1 aromatic heterocycles. The highest BCUT2D eigenvalue weighted by Gasteiger charge is 2.34. The van der Waals surface area contributed by atoms with Gasteiger partial charge in [0.1, 0.15) is 0 Å². The Morgan fingerprint density at radius 2 is 1.90 bits per heavy atom. The molecule has 1 N–H and O–H groups in total. The molecule has 6 heteroatoms. The number of halogens is 3. The van der Waals surface area contributed by atoms with Gasteiger partial charge in [0.2, 0.25) is 5.82 Å². The molecule has 1 fully saturated rings. The minimum absolute atomic E-state index is 0.361. The van der Waals surface area contributed by atoms with Crippen LogP contribution < -0.4 is 0 Å². The van der Waals surface area contributed by atoms with Gasteiger partial charge in [-0.3, -0.25) is 4.90 Å². The predicted octanol–water partition coefficient (Wildman–Crippen LogP) is 3.57. The van der Waals surface area contributed by atoms with Crippen molar-refractivity contribution in [3.63, 3.8) is 0 Å². The molecule has 2 aromatic rings. The minimum Gasteiger partial charge on any atom is -0.334 e. The number of fused-ring (bicyclic) bond motifs is 1. The highest BCUT2D eigenvalue weighted by atomic mass is 19.4. The Morgan fingerprint density at radius 3 is 2.60 bits per heavy atom. The number of hydrogen-bond acceptors (Lipinski definition) is 2. The first-order chi connectivity index (χ1) is 9.52. The van der Waals surface area contributed by atoms with Crippen LogP contribution in [0.25, 0.3) is 11.0 Å². The van der Waals surface area contributed by atoms with E-state index in [1.54, 1.807) is 12.1 Å². The fraction of sp³-hybridized carbons (Fsp3) is 0.500. The van der Waals surface area contributed by atoms with Gasteiger partial charge in [0, 0.05) is 6.54 Å². The fourth-order valence-electron chi connectivity index (χ4n) is 2.67. The third kappa shape index (κ3) is 2.80. The van der Waals surface area contributed by atoms with Crippen molar-refractivity contribution in [1.82, 2.24) is 14.9 Å². The summed E-state index contributed by atoms with van der Waals surface area (Å²) in [5.41, 5.74) is 1.84. The maximum Gasteiger partial charge on any atom is 0.449 e. The normalized spacial score (nSPS) is 17.8. The van der Waals surface area contributed by atoms with Gasteiger partial charge in [-0.1, -0.05) is 12.5 Å². The van der Waals surface area contributed by atoms with Crippen LogP contribution in [0.5, 0.6) is 0 Å². The van der Waals surface area contributed by atoms with Crippen molar-refractivity contribution < 1.29 is 13.2 Å². The maximum absolute atomic E-state index is 12.6. The van der Waals surface area contributed by atoms with Crippen LogP contribution in [0.4, 0.5) is 13.2 Å². The van der Waals surface area contributed by atoms with Crippen LogP contribution in [0.2, 0.25) is 0 Å². The van der Waals surface area contributed by atoms with Gasteiger partial charge in [0.05, 0.1) is 11.0 Å². The van der Waals surface area contributed by atoms with Gasteiger partial charge >= 0.3 is 6.18 Å². The quantitative estimate of drug-likeness (QED) is 0.913. The number of rotatable bonds is 2. The van der Waals surface area contributed by atoms with E-state index < -0.39 is 12.0 Å². The van der Waals surface area contributed by atoms with Gasteiger partial charge in [-0.05, 0) is 43.6 Å². The molecule has 0 atom stereocenters. The number of imidazole rings is 1. The summed E-state index contributed by atoms with van der Waals surface area (Å²) in [6.07, 6.45) is -0.758.